The lowest BCUT2D eigenvalue weighted by atomic mass is 9.67. The number of hydrogen-bond donors (Lipinski definition) is 2. The fourth-order valence-corrected chi connectivity index (χ4v) is 3.38. The summed E-state index contributed by atoms with van der Waals surface area (Å²) in [5, 5.41) is 12.8. The normalized spacial score (nSPS) is 27.7. The fourth-order valence-electron chi connectivity index (χ4n) is 3.38. The van der Waals surface area contributed by atoms with Crippen LogP contribution in [0.2, 0.25) is 0 Å². The van der Waals surface area contributed by atoms with Crippen LogP contribution in [0.25, 0.3) is 0 Å². The predicted molar refractivity (Wildman–Crippen MR) is 77.8 cm³/mol. The van der Waals surface area contributed by atoms with E-state index in [4.69, 9.17) is 5.11 Å². The highest BCUT2D eigenvalue weighted by molar-refractivity contribution is 4.94. The van der Waals surface area contributed by atoms with E-state index in [-0.39, 0.29) is 6.61 Å². The number of hydrogen-bond acceptors (Lipinski definition) is 3. The Hall–Kier alpha value is -0.120. The van der Waals surface area contributed by atoms with Crippen LogP contribution < -0.4 is 5.32 Å². The first-order chi connectivity index (χ1) is 8.51. The standard InChI is InChI=1S/C15H32N2O/c1-5-9-16-14-13(12-17(4)10-11-18)7-6-8-15(14,2)3/h13-14,16,18H,5-12H2,1-4H3. The lowest BCUT2D eigenvalue weighted by Gasteiger charge is -2.45. The summed E-state index contributed by atoms with van der Waals surface area (Å²) in [6.45, 7) is 10.3. The van der Waals surface area contributed by atoms with E-state index >= 15 is 0 Å². The molecule has 0 aromatic heterocycles. The van der Waals surface area contributed by atoms with Gasteiger partial charge in [0, 0.05) is 19.1 Å². The number of aliphatic hydroxyl groups excluding tert-OH is 1. The first kappa shape index (κ1) is 15.9. The minimum Gasteiger partial charge on any atom is -0.395 e. The largest absolute Gasteiger partial charge is 0.395 e. The molecule has 2 atom stereocenters. The van der Waals surface area contributed by atoms with E-state index in [0.29, 0.717) is 11.5 Å². The zero-order chi connectivity index (χ0) is 13.6. The summed E-state index contributed by atoms with van der Waals surface area (Å²) in [6, 6.07) is 0.618. The molecule has 1 rings (SSSR count). The molecule has 3 heteroatoms. The van der Waals surface area contributed by atoms with Gasteiger partial charge in [-0.15, -0.1) is 0 Å². The first-order valence-electron chi connectivity index (χ1n) is 7.54. The molecule has 2 unspecified atom stereocenters. The van der Waals surface area contributed by atoms with Crippen LogP contribution in [0.1, 0.15) is 46.5 Å². The minimum atomic E-state index is 0.264. The van der Waals surface area contributed by atoms with Gasteiger partial charge >= 0.3 is 0 Å². The summed E-state index contributed by atoms with van der Waals surface area (Å²) in [4.78, 5) is 2.27. The van der Waals surface area contributed by atoms with E-state index in [0.717, 1.165) is 25.6 Å². The SMILES string of the molecule is CCCNC1C(CN(C)CCO)CCCC1(C)C. The molecule has 0 aromatic rings. The number of nitrogens with one attached hydrogen (secondary N) is 1. The van der Waals surface area contributed by atoms with Crippen LogP contribution in [0, 0.1) is 11.3 Å². The number of likely N-dealkylation sites (N-methyl/N-ethyl adjacent to an activating group) is 1. The van der Waals surface area contributed by atoms with Gasteiger partial charge in [-0.05, 0) is 44.2 Å². The zero-order valence-corrected chi connectivity index (χ0v) is 12.7. The molecule has 0 heterocycles. The Morgan fingerprint density at radius 2 is 2.11 bits per heavy atom. The van der Waals surface area contributed by atoms with Gasteiger partial charge in [0.1, 0.15) is 0 Å². The summed E-state index contributed by atoms with van der Waals surface area (Å²) in [5.41, 5.74) is 0.401. The molecular weight excluding hydrogens is 224 g/mol. The van der Waals surface area contributed by atoms with Crippen molar-refractivity contribution in [2.75, 3.05) is 33.3 Å². The lowest BCUT2D eigenvalue weighted by molar-refractivity contribution is 0.0807. The smallest absolute Gasteiger partial charge is 0.0558 e. The molecule has 1 saturated carbocycles. The Kier molecular flexibility index (Phi) is 6.61. The van der Waals surface area contributed by atoms with Crippen LogP contribution in [0.3, 0.4) is 0 Å². The van der Waals surface area contributed by atoms with Crippen molar-refractivity contribution in [3.05, 3.63) is 0 Å². The third-order valence-corrected chi connectivity index (χ3v) is 4.35. The maximum atomic E-state index is 9.02. The Bertz CT molecular complexity index is 231. The molecule has 2 N–H and O–H groups in total. The lowest BCUT2D eigenvalue weighted by Crippen LogP contribution is -2.52. The van der Waals surface area contributed by atoms with E-state index in [1.807, 2.05) is 0 Å². The summed E-state index contributed by atoms with van der Waals surface area (Å²) >= 11 is 0. The predicted octanol–water partition coefficient (Wildman–Crippen LogP) is 2.10. The molecule has 0 saturated heterocycles. The highest BCUT2D eigenvalue weighted by Crippen LogP contribution is 2.39. The van der Waals surface area contributed by atoms with E-state index in [2.05, 4.69) is 38.0 Å². The molecule has 1 aliphatic carbocycles. The van der Waals surface area contributed by atoms with Gasteiger partial charge in [-0.1, -0.05) is 27.2 Å². The molecule has 0 radical (unpaired) electrons. The molecule has 3 nitrogen and oxygen atoms in total. The van der Waals surface area contributed by atoms with Gasteiger partial charge in [0.2, 0.25) is 0 Å². The Labute approximate surface area is 113 Å². The Morgan fingerprint density at radius 3 is 2.72 bits per heavy atom. The second kappa shape index (κ2) is 7.46. The fraction of sp³-hybridized carbons (Fsp3) is 1.00. The van der Waals surface area contributed by atoms with Gasteiger partial charge in [-0.3, -0.25) is 0 Å². The van der Waals surface area contributed by atoms with E-state index < -0.39 is 0 Å². The van der Waals surface area contributed by atoms with Crippen LogP contribution in [0.15, 0.2) is 0 Å². The highest BCUT2D eigenvalue weighted by atomic mass is 16.3. The molecule has 1 fully saturated rings. The number of nitrogens with zero attached hydrogens (tertiary/aromatic N) is 1. The van der Waals surface area contributed by atoms with Crippen LogP contribution in [0.4, 0.5) is 0 Å². The highest BCUT2D eigenvalue weighted by Gasteiger charge is 2.38. The first-order valence-corrected chi connectivity index (χ1v) is 7.54. The maximum absolute atomic E-state index is 9.02. The topological polar surface area (TPSA) is 35.5 Å². The second-order valence-electron chi connectivity index (χ2n) is 6.56. The van der Waals surface area contributed by atoms with Gasteiger partial charge in [0.15, 0.2) is 0 Å². The summed E-state index contributed by atoms with van der Waals surface area (Å²) in [5.74, 6) is 0.719. The van der Waals surface area contributed by atoms with Gasteiger partial charge in [-0.2, -0.15) is 0 Å². The summed E-state index contributed by atoms with van der Waals surface area (Å²) in [6.07, 6.45) is 5.19. The van der Waals surface area contributed by atoms with Crippen molar-refractivity contribution >= 4 is 0 Å². The monoisotopic (exact) mass is 256 g/mol. The summed E-state index contributed by atoms with van der Waals surface area (Å²) < 4.78 is 0. The third kappa shape index (κ3) is 4.52. The van der Waals surface area contributed by atoms with E-state index in [1.165, 1.54) is 25.7 Å². The number of rotatable bonds is 7. The average molecular weight is 256 g/mol. The second-order valence-corrected chi connectivity index (χ2v) is 6.56. The van der Waals surface area contributed by atoms with Crippen molar-refractivity contribution in [1.29, 1.82) is 0 Å². The van der Waals surface area contributed by atoms with Crippen molar-refractivity contribution < 1.29 is 5.11 Å². The van der Waals surface area contributed by atoms with E-state index in [9.17, 15) is 0 Å². The minimum absolute atomic E-state index is 0.264. The van der Waals surface area contributed by atoms with Crippen LogP contribution in [-0.2, 0) is 0 Å². The molecule has 1 aliphatic rings. The molecule has 0 aliphatic heterocycles. The quantitative estimate of drug-likeness (QED) is 0.732. The third-order valence-electron chi connectivity index (χ3n) is 4.35. The molecule has 0 amide bonds. The average Bonchev–Trinajstić information content (AvgIpc) is 2.27. The van der Waals surface area contributed by atoms with Crippen molar-refractivity contribution in [3.63, 3.8) is 0 Å². The maximum Gasteiger partial charge on any atom is 0.0558 e. The molecular formula is C15H32N2O. The molecule has 0 aromatic carbocycles. The van der Waals surface area contributed by atoms with Gasteiger partial charge in [0.25, 0.3) is 0 Å². The molecule has 0 bridgehead atoms. The van der Waals surface area contributed by atoms with Crippen molar-refractivity contribution in [3.8, 4) is 0 Å². The Morgan fingerprint density at radius 1 is 1.39 bits per heavy atom. The Balaban J connectivity index is 2.60. The van der Waals surface area contributed by atoms with Crippen molar-refractivity contribution in [2.45, 2.75) is 52.5 Å². The van der Waals surface area contributed by atoms with Gasteiger partial charge in [0.05, 0.1) is 6.61 Å². The summed E-state index contributed by atoms with van der Waals surface area (Å²) in [7, 11) is 2.12. The van der Waals surface area contributed by atoms with Crippen LogP contribution in [0.5, 0.6) is 0 Å². The van der Waals surface area contributed by atoms with Crippen molar-refractivity contribution in [1.82, 2.24) is 10.2 Å². The van der Waals surface area contributed by atoms with Crippen LogP contribution >= 0.6 is 0 Å². The van der Waals surface area contributed by atoms with E-state index in [1.54, 1.807) is 0 Å². The number of aliphatic hydroxyl groups is 1. The van der Waals surface area contributed by atoms with Gasteiger partial charge in [-0.25, -0.2) is 0 Å². The zero-order valence-electron chi connectivity index (χ0n) is 12.7. The van der Waals surface area contributed by atoms with Crippen molar-refractivity contribution in [2.24, 2.45) is 11.3 Å². The molecule has 0 spiro atoms. The van der Waals surface area contributed by atoms with Crippen LogP contribution in [-0.4, -0.2) is 49.3 Å². The molecule has 18 heavy (non-hydrogen) atoms. The van der Waals surface area contributed by atoms with Gasteiger partial charge < -0.3 is 15.3 Å². The molecule has 108 valence electrons.